The molecular formula is C27H24ClFO. The first-order valence-electron chi connectivity index (χ1n) is 10.3. The van der Waals surface area contributed by atoms with Gasteiger partial charge in [-0.3, -0.25) is 0 Å². The van der Waals surface area contributed by atoms with Crippen LogP contribution in [0.2, 0.25) is 5.02 Å². The summed E-state index contributed by atoms with van der Waals surface area (Å²) >= 11 is 5.94. The van der Waals surface area contributed by atoms with E-state index in [1.807, 2.05) is 78.9 Å². The number of rotatable bonds is 7. The van der Waals surface area contributed by atoms with Gasteiger partial charge in [-0.1, -0.05) is 67.1 Å². The number of hydrogen-bond acceptors (Lipinski definition) is 1. The lowest BCUT2D eigenvalue weighted by Crippen LogP contribution is -1.96. The molecule has 0 unspecified atom stereocenters. The Balaban J connectivity index is 1.54. The van der Waals surface area contributed by atoms with Crippen molar-refractivity contribution < 1.29 is 9.13 Å². The van der Waals surface area contributed by atoms with Crippen molar-refractivity contribution in [3.8, 4) is 16.9 Å². The molecule has 4 aromatic carbocycles. The molecule has 0 aliphatic heterocycles. The Kier molecular flexibility index (Phi) is 6.35. The van der Waals surface area contributed by atoms with Gasteiger partial charge in [-0.2, -0.15) is 0 Å². The molecule has 0 aliphatic carbocycles. The second kappa shape index (κ2) is 9.32. The molecule has 3 heteroatoms. The van der Waals surface area contributed by atoms with Crippen LogP contribution in [-0.2, 0) is 12.8 Å². The fraction of sp³-hybridized carbons (Fsp3) is 0.185. The summed E-state index contributed by atoms with van der Waals surface area (Å²) in [5.41, 5.74) is 4.05. The van der Waals surface area contributed by atoms with Crippen molar-refractivity contribution in [2.75, 3.05) is 6.61 Å². The lowest BCUT2D eigenvalue weighted by Gasteiger charge is -2.10. The molecule has 0 saturated carbocycles. The third-order valence-electron chi connectivity index (χ3n) is 5.29. The second-order valence-electron chi connectivity index (χ2n) is 7.47. The fourth-order valence-corrected chi connectivity index (χ4v) is 3.73. The minimum absolute atomic E-state index is 0.128. The van der Waals surface area contributed by atoms with Gasteiger partial charge in [-0.25, -0.2) is 4.39 Å². The van der Waals surface area contributed by atoms with E-state index in [-0.39, 0.29) is 5.82 Å². The van der Waals surface area contributed by atoms with E-state index in [0.717, 1.165) is 57.9 Å². The molecule has 0 spiro atoms. The average Bonchev–Trinajstić information content (AvgIpc) is 2.78. The SMILES string of the molecule is CCCOc1ccc(-c2ccc3c(F)c(CCc4ccc(Cl)cc4)ccc3c2)cc1. The van der Waals surface area contributed by atoms with E-state index in [1.54, 1.807) is 0 Å². The lowest BCUT2D eigenvalue weighted by atomic mass is 9.97. The molecule has 0 radical (unpaired) electrons. The largest absolute Gasteiger partial charge is 0.494 e. The van der Waals surface area contributed by atoms with Gasteiger partial charge in [0.25, 0.3) is 0 Å². The maximum atomic E-state index is 15.1. The highest BCUT2D eigenvalue weighted by atomic mass is 35.5. The van der Waals surface area contributed by atoms with E-state index in [4.69, 9.17) is 16.3 Å². The van der Waals surface area contributed by atoms with Crippen LogP contribution in [0.25, 0.3) is 21.9 Å². The second-order valence-corrected chi connectivity index (χ2v) is 7.91. The van der Waals surface area contributed by atoms with Crippen LogP contribution >= 0.6 is 11.6 Å². The number of ether oxygens (including phenoxy) is 1. The molecular weight excluding hydrogens is 395 g/mol. The standard InChI is InChI=1S/C27H24ClFO/c1-2-17-30-25-14-9-20(10-15-25)22-11-16-26-23(18-22)8-7-21(27(26)29)6-3-19-4-12-24(28)13-5-19/h4-5,7-16,18H,2-3,6,17H2,1H3. The number of halogens is 2. The molecule has 0 bridgehead atoms. The summed E-state index contributed by atoms with van der Waals surface area (Å²) in [5.74, 6) is 0.745. The summed E-state index contributed by atoms with van der Waals surface area (Å²) in [4.78, 5) is 0. The highest BCUT2D eigenvalue weighted by Gasteiger charge is 2.09. The summed E-state index contributed by atoms with van der Waals surface area (Å²) < 4.78 is 20.8. The van der Waals surface area contributed by atoms with Crippen molar-refractivity contribution in [1.29, 1.82) is 0 Å². The number of hydrogen-bond donors (Lipinski definition) is 0. The molecule has 0 N–H and O–H groups in total. The van der Waals surface area contributed by atoms with Crippen molar-refractivity contribution >= 4 is 22.4 Å². The molecule has 0 amide bonds. The number of aryl methyl sites for hydroxylation is 2. The first-order valence-corrected chi connectivity index (χ1v) is 10.7. The van der Waals surface area contributed by atoms with Gasteiger partial charge in [0, 0.05) is 10.4 Å². The first-order chi connectivity index (χ1) is 14.6. The van der Waals surface area contributed by atoms with Gasteiger partial charge in [-0.15, -0.1) is 0 Å². The quantitative estimate of drug-likeness (QED) is 0.296. The van der Waals surface area contributed by atoms with E-state index in [2.05, 4.69) is 6.92 Å². The lowest BCUT2D eigenvalue weighted by molar-refractivity contribution is 0.317. The minimum atomic E-state index is -0.128. The zero-order valence-electron chi connectivity index (χ0n) is 17.0. The van der Waals surface area contributed by atoms with Crippen LogP contribution in [0.1, 0.15) is 24.5 Å². The highest BCUT2D eigenvalue weighted by Crippen LogP contribution is 2.29. The Hall–Kier alpha value is -2.84. The summed E-state index contributed by atoms with van der Waals surface area (Å²) in [6, 6.07) is 25.6. The monoisotopic (exact) mass is 418 g/mol. The Bertz CT molecular complexity index is 1130. The van der Waals surface area contributed by atoms with Crippen LogP contribution < -0.4 is 4.74 Å². The van der Waals surface area contributed by atoms with Crippen molar-refractivity contribution in [2.24, 2.45) is 0 Å². The summed E-state index contributed by atoms with van der Waals surface area (Å²) in [7, 11) is 0. The normalized spacial score (nSPS) is 11.0. The highest BCUT2D eigenvalue weighted by molar-refractivity contribution is 6.30. The average molecular weight is 419 g/mol. The molecule has 0 aliphatic rings. The van der Waals surface area contributed by atoms with Crippen molar-refractivity contribution in [3.05, 3.63) is 101 Å². The number of benzene rings is 4. The smallest absolute Gasteiger partial charge is 0.134 e. The molecule has 0 atom stereocenters. The minimum Gasteiger partial charge on any atom is -0.494 e. The van der Waals surface area contributed by atoms with Crippen LogP contribution in [-0.4, -0.2) is 6.61 Å². The molecule has 0 saturated heterocycles. The van der Waals surface area contributed by atoms with Crippen LogP contribution in [0.5, 0.6) is 5.75 Å². The summed E-state index contributed by atoms with van der Waals surface area (Å²) in [5, 5.41) is 2.29. The zero-order chi connectivity index (χ0) is 20.9. The third kappa shape index (κ3) is 4.66. The van der Waals surface area contributed by atoms with Crippen molar-refractivity contribution in [2.45, 2.75) is 26.2 Å². The van der Waals surface area contributed by atoms with Gasteiger partial charge >= 0.3 is 0 Å². The van der Waals surface area contributed by atoms with Crippen molar-refractivity contribution in [3.63, 3.8) is 0 Å². The molecule has 152 valence electrons. The Morgan fingerprint density at radius 2 is 1.53 bits per heavy atom. The topological polar surface area (TPSA) is 9.23 Å². The predicted molar refractivity (Wildman–Crippen MR) is 124 cm³/mol. The molecule has 0 fully saturated rings. The van der Waals surface area contributed by atoms with Gasteiger partial charge in [0.1, 0.15) is 11.6 Å². The van der Waals surface area contributed by atoms with E-state index in [9.17, 15) is 0 Å². The van der Waals surface area contributed by atoms with Crippen molar-refractivity contribution in [1.82, 2.24) is 0 Å². The summed E-state index contributed by atoms with van der Waals surface area (Å²) in [6.07, 6.45) is 2.42. The molecule has 1 nitrogen and oxygen atoms in total. The molecule has 4 rings (SSSR count). The van der Waals surface area contributed by atoms with E-state index in [0.29, 0.717) is 11.8 Å². The zero-order valence-corrected chi connectivity index (χ0v) is 17.8. The van der Waals surface area contributed by atoms with Crippen LogP contribution in [0.3, 0.4) is 0 Å². The Morgan fingerprint density at radius 1 is 0.800 bits per heavy atom. The van der Waals surface area contributed by atoms with Gasteiger partial charge in [0.05, 0.1) is 6.61 Å². The van der Waals surface area contributed by atoms with Gasteiger partial charge in [-0.05, 0) is 77.2 Å². The van der Waals surface area contributed by atoms with Gasteiger partial charge in [0.2, 0.25) is 0 Å². The van der Waals surface area contributed by atoms with E-state index >= 15 is 4.39 Å². The maximum Gasteiger partial charge on any atom is 0.134 e. The predicted octanol–water partition coefficient (Wildman–Crippen LogP) is 7.87. The van der Waals surface area contributed by atoms with Crippen LogP contribution in [0, 0.1) is 5.82 Å². The van der Waals surface area contributed by atoms with Gasteiger partial charge < -0.3 is 4.74 Å². The molecule has 4 aromatic rings. The molecule has 0 heterocycles. The number of fused-ring (bicyclic) bond motifs is 1. The molecule has 0 aromatic heterocycles. The van der Waals surface area contributed by atoms with E-state index < -0.39 is 0 Å². The Labute approximate surface area is 182 Å². The Morgan fingerprint density at radius 3 is 2.27 bits per heavy atom. The van der Waals surface area contributed by atoms with Gasteiger partial charge in [0.15, 0.2) is 0 Å². The maximum absolute atomic E-state index is 15.1. The van der Waals surface area contributed by atoms with Crippen LogP contribution in [0.4, 0.5) is 4.39 Å². The van der Waals surface area contributed by atoms with E-state index in [1.165, 1.54) is 0 Å². The van der Waals surface area contributed by atoms with Crippen LogP contribution in [0.15, 0.2) is 78.9 Å². The fourth-order valence-electron chi connectivity index (χ4n) is 3.60. The third-order valence-corrected chi connectivity index (χ3v) is 5.54. The summed E-state index contributed by atoms with van der Waals surface area (Å²) in [6.45, 7) is 2.81. The molecule has 30 heavy (non-hydrogen) atoms. The first kappa shape index (κ1) is 20.4.